The number of methoxy groups -OCH3 is 2. The fourth-order valence-electron chi connectivity index (χ4n) is 2.88. The molecule has 6 heteroatoms. The van der Waals surface area contributed by atoms with E-state index < -0.39 is 5.82 Å². The predicted octanol–water partition coefficient (Wildman–Crippen LogP) is 2.45. The third-order valence-corrected chi connectivity index (χ3v) is 4.18. The van der Waals surface area contributed by atoms with Gasteiger partial charge < -0.3 is 15.2 Å². The third-order valence-electron chi connectivity index (χ3n) is 3.90. The van der Waals surface area contributed by atoms with Crippen molar-refractivity contribution >= 4 is 11.6 Å². The first kappa shape index (κ1) is 15.4. The van der Waals surface area contributed by atoms with Gasteiger partial charge in [0.1, 0.15) is 0 Å². The Balaban J connectivity index is 2.46. The maximum atomic E-state index is 14.4. The smallest absolute Gasteiger partial charge is 0.208 e. The van der Waals surface area contributed by atoms with Crippen LogP contribution in [0.15, 0.2) is 6.07 Å². The maximum Gasteiger partial charge on any atom is 0.208 e. The molecule has 0 radical (unpaired) electrons. The summed E-state index contributed by atoms with van der Waals surface area (Å²) in [4.78, 5) is 2.15. The molecule has 1 aromatic carbocycles. The molecule has 4 nitrogen and oxygen atoms in total. The van der Waals surface area contributed by atoms with Gasteiger partial charge in [-0.1, -0.05) is 11.6 Å². The van der Waals surface area contributed by atoms with Crippen LogP contribution in [0.2, 0.25) is 5.02 Å². The molecule has 2 N–H and O–H groups in total. The monoisotopic (exact) mass is 302 g/mol. The van der Waals surface area contributed by atoms with Crippen LogP contribution in [0, 0.1) is 11.7 Å². The van der Waals surface area contributed by atoms with E-state index in [2.05, 4.69) is 4.90 Å². The first-order valence-corrected chi connectivity index (χ1v) is 6.91. The van der Waals surface area contributed by atoms with E-state index >= 15 is 0 Å². The van der Waals surface area contributed by atoms with E-state index in [1.54, 1.807) is 6.07 Å². The van der Waals surface area contributed by atoms with Gasteiger partial charge in [0.15, 0.2) is 11.5 Å². The zero-order valence-corrected chi connectivity index (χ0v) is 12.7. The number of benzene rings is 1. The summed E-state index contributed by atoms with van der Waals surface area (Å²) in [5.41, 5.74) is 6.48. The van der Waals surface area contributed by atoms with Gasteiger partial charge in [-0.2, -0.15) is 4.39 Å². The van der Waals surface area contributed by atoms with E-state index in [9.17, 15) is 4.39 Å². The van der Waals surface area contributed by atoms with Crippen LogP contribution >= 0.6 is 11.6 Å². The number of likely N-dealkylation sites (tertiary alicyclic amines) is 1. The van der Waals surface area contributed by atoms with E-state index in [4.69, 9.17) is 26.8 Å². The van der Waals surface area contributed by atoms with Gasteiger partial charge in [0, 0.05) is 18.2 Å². The summed E-state index contributed by atoms with van der Waals surface area (Å²) in [6, 6.07) is 1.78. The van der Waals surface area contributed by atoms with Crippen LogP contribution < -0.4 is 15.2 Å². The number of hydrogen-bond acceptors (Lipinski definition) is 4. The summed E-state index contributed by atoms with van der Waals surface area (Å²) in [5, 5.41) is 0.255. The Morgan fingerprint density at radius 3 is 2.55 bits per heavy atom. The molecule has 1 aliphatic heterocycles. The Hall–Kier alpha value is -1.04. The number of halogens is 2. The largest absolute Gasteiger partial charge is 0.493 e. The van der Waals surface area contributed by atoms with E-state index in [1.165, 1.54) is 14.2 Å². The van der Waals surface area contributed by atoms with Crippen LogP contribution in [-0.2, 0) is 0 Å². The van der Waals surface area contributed by atoms with Crippen molar-refractivity contribution in [2.75, 3.05) is 34.4 Å². The van der Waals surface area contributed by atoms with Gasteiger partial charge in [0.2, 0.25) is 5.82 Å². The molecule has 0 aliphatic carbocycles. The van der Waals surface area contributed by atoms with Crippen molar-refractivity contribution in [3.05, 3.63) is 22.5 Å². The lowest BCUT2D eigenvalue weighted by atomic mass is 9.98. The second kappa shape index (κ2) is 6.16. The molecule has 1 saturated heterocycles. The van der Waals surface area contributed by atoms with Crippen molar-refractivity contribution in [1.29, 1.82) is 0 Å². The SMILES string of the molecule is COc1c(Cl)cc(C2CC(CN)CN2C)c(OC)c1F. The lowest BCUT2D eigenvalue weighted by Crippen LogP contribution is -2.21. The van der Waals surface area contributed by atoms with Crippen molar-refractivity contribution in [1.82, 2.24) is 4.90 Å². The van der Waals surface area contributed by atoms with E-state index in [-0.39, 0.29) is 22.6 Å². The molecule has 1 fully saturated rings. The second-order valence-corrected chi connectivity index (χ2v) is 5.53. The molecule has 0 bridgehead atoms. The van der Waals surface area contributed by atoms with E-state index in [0.29, 0.717) is 12.5 Å². The minimum absolute atomic E-state index is 0.0169. The molecule has 1 aliphatic rings. The molecule has 2 rings (SSSR count). The average molecular weight is 303 g/mol. The summed E-state index contributed by atoms with van der Waals surface area (Å²) in [6.45, 7) is 1.51. The Morgan fingerprint density at radius 2 is 2.05 bits per heavy atom. The number of nitrogens with zero attached hydrogens (tertiary/aromatic N) is 1. The van der Waals surface area contributed by atoms with E-state index in [1.807, 2.05) is 7.05 Å². The van der Waals surface area contributed by atoms with Gasteiger partial charge in [0.05, 0.1) is 19.2 Å². The van der Waals surface area contributed by atoms with Crippen LogP contribution in [0.3, 0.4) is 0 Å². The first-order valence-electron chi connectivity index (χ1n) is 6.53. The van der Waals surface area contributed by atoms with Crippen molar-refractivity contribution in [3.63, 3.8) is 0 Å². The molecule has 0 saturated carbocycles. The fraction of sp³-hybridized carbons (Fsp3) is 0.571. The quantitative estimate of drug-likeness (QED) is 0.928. The molecule has 0 amide bonds. The maximum absolute atomic E-state index is 14.4. The van der Waals surface area contributed by atoms with Gasteiger partial charge in [0.25, 0.3) is 0 Å². The average Bonchev–Trinajstić information content (AvgIpc) is 2.80. The minimum atomic E-state index is -0.554. The summed E-state index contributed by atoms with van der Waals surface area (Å²) in [6.07, 6.45) is 0.867. The molecule has 2 atom stereocenters. The van der Waals surface area contributed by atoms with Gasteiger partial charge in [-0.25, -0.2) is 0 Å². The summed E-state index contributed by atoms with van der Waals surface area (Å²) in [5.74, 6) is 0.0600. The molecule has 1 heterocycles. The number of nitrogens with two attached hydrogens (primary N) is 1. The highest BCUT2D eigenvalue weighted by Crippen LogP contribution is 2.44. The van der Waals surface area contributed by atoms with Gasteiger partial charge in [-0.05, 0) is 32.0 Å². The Kier molecular flexibility index (Phi) is 4.73. The Labute approximate surface area is 123 Å². The van der Waals surface area contributed by atoms with E-state index in [0.717, 1.165) is 18.5 Å². The molecule has 0 aromatic heterocycles. The zero-order valence-electron chi connectivity index (χ0n) is 12.0. The van der Waals surface area contributed by atoms with Gasteiger partial charge in [-0.15, -0.1) is 0 Å². The Morgan fingerprint density at radius 1 is 1.40 bits per heavy atom. The van der Waals surface area contributed by atoms with Gasteiger partial charge in [-0.3, -0.25) is 4.90 Å². The summed E-state index contributed by atoms with van der Waals surface area (Å²) in [7, 11) is 4.83. The topological polar surface area (TPSA) is 47.7 Å². The van der Waals surface area contributed by atoms with Crippen LogP contribution in [-0.4, -0.2) is 39.3 Å². The van der Waals surface area contributed by atoms with Crippen molar-refractivity contribution in [2.45, 2.75) is 12.5 Å². The molecule has 2 unspecified atom stereocenters. The number of rotatable bonds is 4. The molecule has 0 spiro atoms. The lowest BCUT2D eigenvalue weighted by Gasteiger charge is -2.23. The number of hydrogen-bond donors (Lipinski definition) is 1. The molecule has 20 heavy (non-hydrogen) atoms. The molecular weight excluding hydrogens is 283 g/mol. The highest BCUT2D eigenvalue weighted by atomic mass is 35.5. The van der Waals surface area contributed by atoms with Crippen LogP contribution in [0.25, 0.3) is 0 Å². The van der Waals surface area contributed by atoms with Crippen LogP contribution in [0.4, 0.5) is 4.39 Å². The third kappa shape index (κ3) is 2.57. The van der Waals surface area contributed by atoms with Crippen LogP contribution in [0.5, 0.6) is 11.5 Å². The normalized spacial score (nSPS) is 23.1. The van der Waals surface area contributed by atoms with Crippen molar-refractivity contribution in [2.24, 2.45) is 11.7 Å². The molecular formula is C14H20ClFN2O2. The second-order valence-electron chi connectivity index (χ2n) is 5.12. The lowest BCUT2D eigenvalue weighted by molar-refractivity contribution is 0.294. The van der Waals surface area contributed by atoms with Gasteiger partial charge >= 0.3 is 0 Å². The summed E-state index contributed by atoms with van der Waals surface area (Å²) >= 11 is 6.10. The molecule has 112 valence electrons. The van der Waals surface area contributed by atoms with Crippen LogP contribution in [0.1, 0.15) is 18.0 Å². The zero-order chi connectivity index (χ0) is 14.9. The Bertz CT molecular complexity index is 499. The number of ether oxygens (including phenoxy) is 2. The first-order chi connectivity index (χ1) is 9.53. The molecule has 1 aromatic rings. The highest BCUT2D eigenvalue weighted by molar-refractivity contribution is 6.32. The predicted molar refractivity (Wildman–Crippen MR) is 77.0 cm³/mol. The standard InChI is InChI=1S/C14H20ClFN2O2/c1-18-7-8(6-17)4-11(18)9-5-10(15)14(20-3)12(16)13(9)19-2/h5,8,11H,4,6-7,17H2,1-3H3. The minimum Gasteiger partial charge on any atom is -0.493 e. The fourth-order valence-corrected chi connectivity index (χ4v) is 3.16. The summed E-state index contributed by atoms with van der Waals surface area (Å²) < 4.78 is 24.6. The van der Waals surface area contributed by atoms with Crippen molar-refractivity contribution < 1.29 is 13.9 Å². The van der Waals surface area contributed by atoms with Crippen molar-refractivity contribution in [3.8, 4) is 11.5 Å². The highest BCUT2D eigenvalue weighted by Gasteiger charge is 2.33.